The van der Waals surface area contributed by atoms with Gasteiger partial charge in [0.1, 0.15) is 0 Å². The highest BCUT2D eigenvalue weighted by molar-refractivity contribution is 5.95. The number of nitrogens with zero attached hydrogens (tertiary/aromatic N) is 3. The summed E-state index contributed by atoms with van der Waals surface area (Å²) >= 11 is 0. The van der Waals surface area contributed by atoms with Crippen LogP contribution in [0.2, 0.25) is 0 Å². The number of aryl methyl sites for hydroxylation is 1. The van der Waals surface area contributed by atoms with Crippen LogP contribution in [0, 0.1) is 0 Å². The highest BCUT2D eigenvalue weighted by Crippen LogP contribution is 2.20. The van der Waals surface area contributed by atoms with Crippen LogP contribution in [-0.2, 0) is 16.6 Å². The zero-order chi connectivity index (χ0) is 18.7. The van der Waals surface area contributed by atoms with Crippen molar-refractivity contribution in [2.45, 2.75) is 39.0 Å². The van der Waals surface area contributed by atoms with Gasteiger partial charge in [0.25, 0.3) is 0 Å². The lowest BCUT2D eigenvalue weighted by atomic mass is 9.96. The van der Waals surface area contributed by atoms with Crippen LogP contribution in [0.5, 0.6) is 0 Å². The average Bonchev–Trinajstić information content (AvgIpc) is 3.22. The number of aromatic nitrogens is 2. The van der Waals surface area contributed by atoms with E-state index in [1.54, 1.807) is 17.0 Å². The van der Waals surface area contributed by atoms with Crippen LogP contribution in [0.25, 0.3) is 0 Å². The molecule has 0 aliphatic carbocycles. The van der Waals surface area contributed by atoms with E-state index in [4.69, 9.17) is 4.52 Å². The summed E-state index contributed by atoms with van der Waals surface area (Å²) in [6.45, 7) is 7.30. The Kier molecular flexibility index (Phi) is 4.92. The van der Waals surface area contributed by atoms with E-state index in [0.717, 1.165) is 5.69 Å². The van der Waals surface area contributed by atoms with E-state index in [0.29, 0.717) is 36.9 Å². The second kappa shape index (κ2) is 7.15. The first kappa shape index (κ1) is 17.9. The molecule has 8 nitrogen and oxygen atoms in total. The van der Waals surface area contributed by atoms with E-state index < -0.39 is 0 Å². The number of amides is 3. The predicted octanol–water partition coefficient (Wildman–Crippen LogP) is 2.47. The molecule has 1 fully saturated rings. The summed E-state index contributed by atoms with van der Waals surface area (Å²) < 4.78 is 5.19. The smallest absolute Gasteiger partial charge is 0.321 e. The highest BCUT2D eigenvalue weighted by Gasteiger charge is 2.22. The van der Waals surface area contributed by atoms with Crippen LogP contribution in [0.4, 0.5) is 16.2 Å². The van der Waals surface area contributed by atoms with E-state index in [1.165, 1.54) is 0 Å². The van der Waals surface area contributed by atoms with Crippen molar-refractivity contribution in [2.75, 3.05) is 23.3 Å². The molecule has 0 unspecified atom stereocenters. The van der Waals surface area contributed by atoms with Crippen LogP contribution in [0.15, 0.2) is 28.8 Å². The maximum Gasteiger partial charge on any atom is 0.321 e. The summed E-state index contributed by atoms with van der Waals surface area (Å²) in [6, 6.07) is 7.09. The predicted molar refractivity (Wildman–Crippen MR) is 97.1 cm³/mol. The van der Waals surface area contributed by atoms with Crippen molar-refractivity contribution in [1.82, 2.24) is 15.5 Å². The lowest BCUT2D eigenvalue weighted by Crippen LogP contribution is -2.27. The Labute approximate surface area is 151 Å². The molecule has 1 aromatic carbocycles. The molecule has 138 valence electrons. The molecule has 0 atom stereocenters. The summed E-state index contributed by atoms with van der Waals surface area (Å²) in [4.78, 5) is 29.7. The molecule has 1 aliphatic rings. The van der Waals surface area contributed by atoms with E-state index >= 15 is 0 Å². The standard InChI is InChI=1S/C18H23N5O3/c1-18(2,3)16-21-15(26-22-16)9-8-14(24)20-12-4-6-13(7-5-12)23-11-10-19-17(23)25/h4-7H,8-11H2,1-3H3,(H,19,25)(H,20,24). The summed E-state index contributed by atoms with van der Waals surface area (Å²) in [5, 5.41) is 9.53. The van der Waals surface area contributed by atoms with E-state index in [9.17, 15) is 9.59 Å². The first-order valence-electron chi connectivity index (χ1n) is 8.61. The van der Waals surface area contributed by atoms with Crippen molar-refractivity contribution in [2.24, 2.45) is 0 Å². The number of anilines is 2. The number of benzene rings is 1. The van der Waals surface area contributed by atoms with Gasteiger partial charge in [-0.2, -0.15) is 4.98 Å². The molecular formula is C18H23N5O3. The third kappa shape index (κ3) is 4.19. The Morgan fingerprint density at radius 1 is 1.31 bits per heavy atom. The normalized spacial score (nSPS) is 14.4. The summed E-state index contributed by atoms with van der Waals surface area (Å²) in [6.07, 6.45) is 0.642. The summed E-state index contributed by atoms with van der Waals surface area (Å²) in [5.41, 5.74) is 1.30. The van der Waals surface area contributed by atoms with Gasteiger partial charge in [0.15, 0.2) is 5.82 Å². The van der Waals surface area contributed by atoms with E-state index in [1.807, 2.05) is 32.9 Å². The molecule has 3 rings (SSSR count). The van der Waals surface area contributed by atoms with Gasteiger partial charge in [-0.05, 0) is 24.3 Å². The van der Waals surface area contributed by atoms with Crippen molar-refractivity contribution in [3.05, 3.63) is 36.0 Å². The van der Waals surface area contributed by atoms with E-state index in [2.05, 4.69) is 20.8 Å². The van der Waals surface area contributed by atoms with Gasteiger partial charge in [0, 0.05) is 42.7 Å². The lowest BCUT2D eigenvalue weighted by Gasteiger charge is -2.14. The average molecular weight is 357 g/mol. The number of nitrogens with one attached hydrogen (secondary N) is 2. The number of hydrogen-bond donors (Lipinski definition) is 2. The fourth-order valence-corrected chi connectivity index (χ4v) is 2.55. The molecule has 1 aromatic heterocycles. The molecule has 8 heteroatoms. The van der Waals surface area contributed by atoms with Gasteiger partial charge >= 0.3 is 6.03 Å². The Morgan fingerprint density at radius 2 is 2.04 bits per heavy atom. The van der Waals surface area contributed by atoms with Crippen molar-refractivity contribution in [1.29, 1.82) is 0 Å². The number of hydrogen-bond acceptors (Lipinski definition) is 5. The largest absolute Gasteiger partial charge is 0.339 e. The molecule has 2 N–H and O–H groups in total. The van der Waals surface area contributed by atoms with Crippen LogP contribution in [-0.4, -0.2) is 35.2 Å². The molecule has 1 aliphatic heterocycles. The minimum atomic E-state index is -0.183. The number of carbonyl (C=O) groups excluding carboxylic acids is 2. The van der Waals surface area contributed by atoms with Gasteiger partial charge in [0.05, 0.1) is 0 Å². The Balaban J connectivity index is 1.52. The van der Waals surface area contributed by atoms with Crippen LogP contribution in [0.1, 0.15) is 38.9 Å². The maximum absolute atomic E-state index is 12.1. The minimum absolute atomic E-state index is 0.101. The SMILES string of the molecule is CC(C)(C)c1noc(CCC(=O)Nc2ccc(N3CCNC3=O)cc2)n1. The molecule has 0 radical (unpaired) electrons. The molecule has 3 amide bonds. The highest BCUT2D eigenvalue weighted by atomic mass is 16.5. The van der Waals surface area contributed by atoms with Crippen LogP contribution >= 0.6 is 0 Å². The lowest BCUT2D eigenvalue weighted by molar-refractivity contribution is -0.116. The third-order valence-electron chi connectivity index (χ3n) is 4.02. The van der Waals surface area contributed by atoms with Crippen LogP contribution in [0.3, 0.4) is 0 Å². The van der Waals surface area contributed by atoms with Crippen molar-refractivity contribution < 1.29 is 14.1 Å². The first-order valence-corrected chi connectivity index (χ1v) is 8.61. The van der Waals surface area contributed by atoms with Crippen LogP contribution < -0.4 is 15.5 Å². The zero-order valence-electron chi connectivity index (χ0n) is 15.2. The molecule has 0 bridgehead atoms. The summed E-state index contributed by atoms with van der Waals surface area (Å²) in [5.74, 6) is 0.960. The van der Waals surface area contributed by atoms with Crippen molar-refractivity contribution >= 4 is 23.3 Å². The quantitative estimate of drug-likeness (QED) is 0.856. The monoisotopic (exact) mass is 357 g/mol. The minimum Gasteiger partial charge on any atom is -0.339 e. The van der Waals surface area contributed by atoms with E-state index in [-0.39, 0.29) is 23.8 Å². The second-order valence-corrected chi connectivity index (χ2v) is 7.24. The molecule has 2 aromatic rings. The maximum atomic E-state index is 12.1. The van der Waals surface area contributed by atoms with Gasteiger partial charge < -0.3 is 15.2 Å². The van der Waals surface area contributed by atoms with Crippen molar-refractivity contribution in [3.8, 4) is 0 Å². The number of urea groups is 1. The number of carbonyl (C=O) groups is 2. The number of rotatable bonds is 5. The fraction of sp³-hybridized carbons (Fsp3) is 0.444. The molecule has 1 saturated heterocycles. The second-order valence-electron chi connectivity index (χ2n) is 7.24. The molecule has 2 heterocycles. The molecule has 26 heavy (non-hydrogen) atoms. The third-order valence-corrected chi connectivity index (χ3v) is 4.02. The van der Waals surface area contributed by atoms with Gasteiger partial charge in [-0.3, -0.25) is 9.69 Å². The Morgan fingerprint density at radius 3 is 2.62 bits per heavy atom. The molecule has 0 saturated carbocycles. The first-order chi connectivity index (χ1) is 12.3. The molecule has 0 spiro atoms. The Hall–Kier alpha value is -2.90. The topological polar surface area (TPSA) is 100 Å². The molecular weight excluding hydrogens is 334 g/mol. The fourth-order valence-electron chi connectivity index (χ4n) is 2.55. The van der Waals surface area contributed by atoms with Gasteiger partial charge in [0.2, 0.25) is 11.8 Å². The summed E-state index contributed by atoms with van der Waals surface area (Å²) in [7, 11) is 0. The Bertz CT molecular complexity index is 792. The van der Waals surface area contributed by atoms with Gasteiger partial charge in [-0.25, -0.2) is 4.79 Å². The van der Waals surface area contributed by atoms with Gasteiger partial charge in [-0.1, -0.05) is 25.9 Å². The zero-order valence-corrected chi connectivity index (χ0v) is 15.2. The van der Waals surface area contributed by atoms with Crippen molar-refractivity contribution in [3.63, 3.8) is 0 Å². The van der Waals surface area contributed by atoms with Gasteiger partial charge in [-0.15, -0.1) is 0 Å².